The Morgan fingerprint density at radius 1 is 0.562 bits per heavy atom. The predicted molar refractivity (Wildman–Crippen MR) is 128 cm³/mol. The zero-order chi connectivity index (χ0) is 19.3. The molecule has 0 heterocycles. The molecule has 4 aromatic rings. The van der Waals surface area contributed by atoms with Gasteiger partial charge in [-0.3, -0.25) is 4.99 Å². The van der Waals surface area contributed by atoms with Crippen LogP contribution in [0.15, 0.2) is 126 Å². The van der Waals surface area contributed by atoms with Crippen molar-refractivity contribution < 1.29 is 93.5 Å². The summed E-state index contributed by atoms with van der Waals surface area (Å²) in [4.78, 5) is 4.35. The quantitative estimate of drug-likeness (QED) is 0.293. The summed E-state index contributed by atoms with van der Waals surface area (Å²) >= 11 is 0. The molecule has 0 atom stereocenters. The van der Waals surface area contributed by atoms with Crippen molar-refractivity contribution in [1.29, 1.82) is 0 Å². The van der Waals surface area contributed by atoms with Crippen LogP contribution in [-0.4, -0.2) is 17.2 Å². The van der Waals surface area contributed by atoms with Crippen molar-refractivity contribution in [3.63, 3.8) is 0 Å². The van der Waals surface area contributed by atoms with Gasteiger partial charge in [0.2, 0.25) is 0 Å². The summed E-state index contributed by atoms with van der Waals surface area (Å²) < 4.78 is 0. The Balaban J connectivity index is 0. The summed E-state index contributed by atoms with van der Waals surface area (Å²) in [5.74, 6) is 0. The van der Waals surface area contributed by atoms with Crippen molar-refractivity contribution in [3.8, 4) is 0 Å². The Morgan fingerprint density at radius 2 is 1.00 bits per heavy atom. The summed E-state index contributed by atoms with van der Waals surface area (Å²) in [5.41, 5.74) is 4.57. The Kier molecular flexibility index (Phi) is 21.3. The fourth-order valence-electron chi connectivity index (χ4n) is 2.56. The van der Waals surface area contributed by atoms with Crippen LogP contribution in [0.2, 0.25) is 0 Å². The Bertz CT molecular complexity index is 875. The smallest absolute Gasteiger partial charge is 0.0629 e. The number of rotatable bonds is 5. The predicted octanol–water partition coefficient (Wildman–Crippen LogP) is 5.09. The number of nitrogens with one attached hydrogen (secondary N) is 1. The molecular formula is C26H28N2O2Pr2. The summed E-state index contributed by atoms with van der Waals surface area (Å²) in [6.07, 6.45) is 1.87. The number of para-hydroxylation sites is 2. The monoisotopic (exact) mass is 682 g/mol. The number of benzene rings is 4. The van der Waals surface area contributed by atoms with Crippen LogP contribution < -0.4 is 5.32 Å². The zero-order valence-electron chi connectivity index (χ0n) is 17.9. The second-order valence-corrected chi connectivity index (χ2v) is 6.21. The van der Waals surface area contributed by atoms with Crippen molar-refractivity contribution in [3.05, 3.63) is 132 Å². The summed E-state index contributed by atoms with van der Waals surface area (Å²) in [6.45, 7) is 0.880. The average Bonchev–Trinajstić information content (AvgIpc) is 2.80. The number of hydrogen-bond acceptors (Lipinski definition) is 2. The molecule has 160 valence electrons. The van der Waals surface area contributed by atoms with Crippen molar-refractivity contribution in [1.82, 2.24) is 0 Å². The number of aliphatic imine (C=N–C) groups is 1. The number of nitrogens with zero attached hydrogens (tertiary/aromatic N) is 1. The Morgan fingerprint density at radius 3 is 1.53 bits per heavy atom. The van der Waals surface area contributed by atoms with Crippen LogP contribution in [0.3, 0.4) is 0 Å². The van der Waals surface area contributed by atoms with Gasteiger partial charge in [0.25, 0.3) is 0 Å². The maximum absolute atomic E-state index is 4.35. The Labute approximate surface area is 257 Å². The summed E-state index contributed by atoms with van der Waals surface area (Å²) in [6, 6.07) is 40.6. The van der Waals surface area contributed by atoms with Crippen molar-refractivity contribution in [2.24, 2.45) is 4.99 Å². The minimum atomic E-state index is 0. The van der Waals surface area contributed by atoms with Gasteiger partial charge in [-0.05, 0) is 35.4 Å². The van der Waals surface area contributed by atoms with Crippen LogP contribution >= 0.6 is 0 Å². The standard InChI is InChI=1S/C13H13N.C13H11N.2H2O.2Pr/c2*1-3-7-12(8-4-1)11-14-13-9-5-2-6-10-13;;;;/h1-10,14H,11H2;1-11H;2*1H2;;. The minimum absolute atomic E-state index is 0. The molecule has 0 aliphatic carbocycles. The van der Waals surface area contributed by atoms with Gasteiger partial charge in [0.15, 0.2) is 0 Å². The molecule has 0 saturated carbocycles. The van der Waals surface area contributed by atoms with Gasteiger partial charge in [0.05, 0.1) is 5.69 Å². The molecule has 0 amide bonds. The van der Waals surface area contributed by atoms with Crippen LogP contribution in [0.4, 0.5) is 11.4 Å². The molecule has 5 N–H and O–H groups in total. The first-order chi connectivity index (χ1) is 13.9. The van der Waals surface area contributed by atoms with Gasteiger partial charge in [-0.15, -0.1) is 0 Å². The van der Waals surface area contributed by atoms with Crippen LogP contribution in [-0.2, 0) is 6.54 Å². The average molecular weight is 682 g/mol. The van der Waals surface area contributed by atoms with E-state index in [1.165, 1.54) is 5.56 Å². The van der Waals surface area contributed by atoms with Gasteiger partial charge in [-0.1, -0.05) is 97.1 Å². The molecule has 0 unspecified atom stereocenters. The first-order valence-corrected chi connectivity index (χ1v) is 9.37. The maximum Gasteiger partial charge on any atom is 0.0629 e. The largest absolute Gasteiger partial charge is 0.412 e. The molecule has 0 aliphatic heterocycles. The molecule has 0 aromatic heterocycles. The van der Waals surface area contributed by atoms with E-state index in [1.807, 2.05) is 91.1 Å². The third kappa shape index (κ3) is 13.5. The molecule has 4 aromatic carbocycles. The second-order valence-electron chi connectivity index (χ2n) is 6.21. The molecule has 0 saturated heterocycles. The summed E-state index contributed by atoms with van der Waals surface area (Å²) in [7, 11) is 0. The van der Waals surface area contributed by atoms with E-state index >= 15 is 0 Å². The molecule has 32 heavy (non-hydrogen) atoms. The zero-order valence-corrected chi connectivity index (χ0v) is 25.3. The molecular weight excluding hydrogens is 654 g/mol. The first-order valence-electron chi connectivity index (χ1n) is 9.37. The topological polar surface area (TPSA) is 87.4 Å². The molecule has 0 fully saturated rings. The fourth-order valence-corrected chi connectivity index (χ4v) is 2.56. The summed E-state index contributed by atoms with van der Waals surface area (Å²) in [5, 5.41) is 3.36. The molecule has 2 radical (unpaired) electrons. The van der Waals surface area contributed by atoms with Crippen LogP contribution in [0.1, 0.15) is 11.1 Å². The molecule has 0 bridgehead atoms. The van der Waals surface area contributed by atoms with E-state index in [0.717, 1.165) is 23.5 Å². The second kappa shape index (κ2) is 20.6. The SMILES string of the molecule is C(=Nc1ccccc1)c1ccccc1.O.O.[Pr].[Pr].c1ccc(CNc2ccccc2)cc1. The van der Waals surface area contributed by atoms with Gasteiger partial charge < -0.3 is 16.3 Å². The van der Waals surface area contributed by atoms with E-state index < -0.39 is 0 Å². The van der Waals surface area contributed by atoms with E-state index in [4.69, 9.17) is 0 Å². The van der Waals surface area contributed by atoms with Gasteiger partial charge in [-0.2, -0.15) is 0 Å². The van der Waals surface area contributed by atoms with E-state index in [9.17, 15) is 0 Å². The van der Waals surface area contributed by atoms with Gasteiger partial charge >= 0.3 is 0 Å². The van der Waals surface area contributed by atoms with Gasteiger partial charge in [0.1, 0.15) is 0 Å². The Hall–Kier alpha value is -1.00. The van der Waals surface area contributed by atoms with Crippen LogP contribution in [0.5, 0.6) is 0 Å². The van der Waals surface area contributed by atoms with E-state index in [-0.39, 0.29) is 93.5 Å². The normalized spacial score (nSPS) is 8.88. The third-order valence-electron chi connectivity index (χ3n) is 4.03. The number of hydrogen-bond donors (Lipinski definition) is 1. The first kappa shape index (κ1) is 33.2. The molecule has 4 rings (SSSR count). The molecule has 6 heteroatoms. The minimum Gasteiger partial charge on any atom is -0.412 e. The van der Waals surface area contributed by atoms with Crippen molar-refractivity contribution >= 4 is 17.6 Å². The van der Waals surface area contributed by atoms with E-state index in [1.54, 1.807) is 0 Å². The molecule has 0 spiro atoms. The van der Waals surface area contributed by atoms with E-state index in [2.05, 4.69) is 46.7 Å². The van der Waals surface area contributed by atoms with Gasteiger partial charge in [-0.25, -0.2) is 0 Å². The van der Waals surface area contributed by atoms with E-state index in [0.29, 0.717) is 0 Å². The number of anilines is 1. The van der Waals surface area contributed by atoms with Crippen molar-refractivity contribution in [2.45, 2.75) is 6.54 Å². The molecule has 0 aliphatic rings. The van der Waals surface area contributed by atoms with Crippen molar-refractivity contribution in [2.75, 3.05) is 5.32 Å². The fraction of sp³-hybridized carbons (Fsp3) is 0.0385. The maximum atomic E-state index is 4.35. The third-order valence-corrected chi connectivity index (χ3v) is 4.03. The van der Waals surface area contributed by atoms with Crippen LogP contribution in [0.25, 0.3) is 0 Å². The van der Waals surface area contributed by atoms with Gasteiger partial charge in [0, 0.05) is 101 Å². The van der Waals surface area contributed by atoms with Crippen LogP contribution in [0, 0.1) is 82.6 Å². The molecule has 4 nitrogen and oxygen atoms in total.